The molecule has 0 radical (unpaired) electrons. The van der Waals surface area contributed by atoms with Gasteiger partial charge in [0.25, 0.3) is 5.91 Å². The predicted octanol–water partition coefficient (Wildman–Crippen LogP) is 4.20. The van der Waals surface area contributed by atoms with Gasteiger partial charge in [0.15, 0.2) is 5.82 Å². The molecule has 8 nitrogen and oxygen atoms in total. The van der Waals surface area contributed by atoms with Crippen molar-refractivity contribution in [3.05, 3.63) is 71.4 Å². The molecule has 9 heteroatoms. The molecule has 2 aromatic carbocycles. The second-order valence-corrected chi connectivity index (χ2v) is 8.87. The third-order valence-corrected chi connectivity index (χ3v) is 5.66. The van der Waals surface area contributed by atoms with Gasteiger partial charge < -0.3 is 15.5 Å². The van der Waals surface area contributed by atoms with Crippen LogP contribution in [0.1, 0.15) is 15.5 Å². The van der Waals surface area contributed by atoms with E-state index in [1.54, 1.807) is 6.07 Å². The van der Waals surface area contributed by atoms with E-state index in [0.717, 1.165) is 27.7 Å². The maximum Gasteiger partial charge on any atom is 0.274 e. The smallest absolute Gasteiger partial charge is 0.274 e. The maximum atomic E-state index is 13.3. The number of nitrogens with zero attached hydrogens (tertiary/aromatic N) is 5. The summed E-state index contributed by atoms with van der Waals surface area (Å²) < 4.78 is 0. The minimum Gasteiger partial charge on any atom is -0.369 e. The Morgan fingerprint density at radius 3 is 2.48 bits per heavy atom. The molecule has 4 aromatic rings. The lowest BCUT2D eigenvalue weighted by atomic mass is 10.1. The fraction of sp³-hybridized carbons (Fsp3) is 0.208. The molecule has 0 unspecified atom stereocenters. The van der Waals surface area contributed by atoms with Gasteiger partial charge in [-0.05, 0) is 33.2 Å². The van der Waals surface area contributed by atoms with E-state index in [1.807, 2.05) is 75.6 Å². The number of carbonyl (C=O) groups is 1. The zero-order valence-corrected chi connectivity index (χ0v) is 19.6. The van der Waals surface area contributed by atoms with Gasteiger partial charge in [0.2, 0.25) is 0 Å². The molecule has 0 aliphatic carbocycles. The molecule has 0 bridgehead atoms. The highest BCUT2D eigenvalue weighted by molar-refractivity contribution is 7.14. The average Bonchev–Trinajstić information content (AvgIpc) is 3.25. The van der Waals surface area contributed by atoms with Crippen molar-refractivity contribution in [1.82, 2.24) is 25.1 Å². The number of carbonyl (C=O) groups excluding carboxylic acids is 1. The number of hydrogen-bond donors (Lipinski definition) is 2. The number of para-hydroxylation sites is 1. The number of likely N-dealkylation sites (N-methyl/N-ethyl adjacent to an activating group) is 1. The lowest BCUT2D eigenvalue weighted by Crippen LogP contribution is -2.22. The molecule has 0 saturated carbocycles. The molecule has 2 heterocycles. The maximum absolute atomic E-state index is 13.3. The molecule has 168 valence electrons. The van der Waals surface area contributed by atoms with Crippen molar-refractivity contribution < 1.29 is 4.79 Å². The Hall–Kier alpha value is -3.69. The van der Waals surface area contributed by atoms with Crippen LogP contribution < -0.4 is 10.6 Å². The molecule has 2 aromatic heterocycles. The van der Waals surface area contributed by atoms with Gasteiger partial charge in [0.05, 0.1) is 5.69 Å². The van der Waals surface area contributed by atoms with Crippen LogP contribution in [0.5, 0.6) is 0 Å². The molecule has 0 aliphatic heterocycles. The number of benzene rings is 2. The highest BCUT2D eigenvalue weighted by Gasteiger charge is 2.16. The number of nitrogens with one attached hydrogen (secondary N) is 2. The van der Waals surface area contributed by atoms with E-state index in [-0.39, 0.29) is 11.6 Å². The number of aromatic nitrogens is 4. The second-order valence-electron chi connectivity index (χ2n) is 7.68. The van der Waals surface area contributed by atoms with Crippen LogP contribution in [0.4, 0.5) is 11.5 Å². The number of anilines is 2. The van der Waals surface area contributed by atoms with Crippen LogP contribution >= 0.6 is 11.3 Å². The monoisotopic (exact) mass is 459 g/mol. The van der Waals surface area contributed by atoms with Gasteiger partial charge in [-0.1, -0.05) is 53.8 Å². The van der Waals surface area contributed by atoms with E-state index in [2.05, 4.69) is 35.7 Å². The van der Waals surface area contributed by atoms with Crippen LogP contribution in [0, 0.1) is 6.92 Å². The van der Waals surface area contributed by atoms with Crippen LogP contribution in [0.3, 0.4) is 0 Å². The first-order valence-corrected chi connectivity index (χ1v) is 11.4. The molecule has 1 amide bonds. The summed E-state index contributed by atoms with van der Waals surface area (Å²) in [5.74, 6) is 0.770. The molecule has 0 saturated heterocycles. The summed E-state index contributed by atoms with van der Waals surface area (Å²) in [4.78, 5) is 24.5. The van der Waals surface area contributed by atoms with Crippen molar-refractivity contribution in [2.24, 2.45) is 0 Å². The third-order valence-electron chi connectivity index (χ3n) is 4.79. The summed E-state index contributed by atoms with van der Waals surface area (Å²) in [6.07, 6.45) is 0. The van der Waals surface area contributed by atoms with E-state index in [9.17, 15) is 4.79 Å². The highest BCUT2D eigenvalue weighted by atomic mass is 32.1. The first kappa shape index (κ1) is 22.5. The standard InChI is InChI=1S/C24H25N7OS/c1-16-29-30-24(33-16)18-11-7-8-12-19(18)27-23(32)20-15-21(25-13-14-31(2)3)28-22(26-20)17-9-5-4-6-10-17/h4-12,15H,13-14H2,1-3H3,(H,27,32)(H,25,26,28). The zero-order chi connectivity index (χ0) is 23.2. The van der Waals surface area contributed by atoms with Crippen molar-refractivity contribution in [3.8, 4) is 22.0 Å². The minimum absolute atomic E-state index is 0.277. The number of rotatable bonds is 8. The van der Waals surface area contributed by atoms with Gasteiger partial charge in [-0.2, -0.15) is 0 Å². The van der Waals surface area contributed by atoms with Crippen molar-refractivity contribution in [1.29, 1.82) is 0 Å². The predicted molar refractivity (Wildman–Crippen MR) is 133 cm³/mol. The van der Waals surface area contributed by atoms with E-state index >= 15 is 0 Å². The Morgan fingerprint density at radius 2 is 1.76 bits per heavy atom. The van der Waals surface area contributed by atoms with Crippen LogP contribution in [-0.2, 0) is 0 Å². The summed E-state index contributed by atoms with van der Waals surface area (Å²) >= 11 is 1.48. The molecule has 0 spiro atoms. The fourth-order valence-electron chi connectivity index (χ4n) is 3.15. The molecule has 2 N–H and O–H groups in total. The van der Waals surface area contributed by atoms with Gasteiger partial charge in [0.1, 0.15) is 21.5 Å². The number of aryl methyl sites for hydroxylation is 1. The van der Waals surface area contributed by atoms with E-state index in [1.165, 1.54) is 11.3 Å². The van der Waals surface area contributed by atoms with Gasteiger partial charge in [0, 0.05) is 30.3 Å². The largest absolute Gasteiger partial charge is 0.369 e. The molecular formula is C24H25N7OS. The Kier molecular flexibility index (Phi) is 7.01. The summed E-state index contributed by atoms with van der Waals surface area (Å²) in [6.45, 7) is 3.43. The van der Waals surface area contributed by atoms with Crippen LogP contribution in [0.15, 0.2) is 60.7 Å². The zero-order valence-electron chi connectivity index (χ0n) is 18.7. The van der Waals surface area contributed by atoms with Gasteiger partial charge in [-0.15, -0.1) is 10.2 Å². The molecule has 0 fully saturated rings. The summed E-state index contributed by atoms with van der Waals surface area (Å²) in [5, 5.41) is 16.2. The van der Waals surface area contributed by atoms with Crippen LogP contribution in [0.25, 0.3) is 22.0 Å². The first-order valence-electron chi connectivity index (χ1n) is 10.5. The Morgan fingerprint density at radius 1 is 1.00 bits per heavy atom. The average molecular weight is 460 g/mol. The fourth-order valence-corrected chi connectivity index (χ4v) is 3.88. The lowest BCUT2D eigenvalue weighted by Gasteiger charge is -2.13. The van der Waals surface area contributed by atoms with E-state index < -0.39 is 0 Å². The van der Waals surface area contributed by atoms with E-state index in [4.69, 9.17) is 0 Å². The van der Waals surface area contributed by atoms with Gasteiger partial charge in [-0.25, -0.2) is 9.97 Å². The summed E-state index contributed by atoms with van der Waals surface area (Å²) in [5.41, 5.74) is 2.59. The van der Waals surface area contributed by atoms with Crippen LogP contribution in [-0.4, -0.2) is 58.2 Å². The van der Waals surface area contributed by atoms with Gasteiger partial charge >= 0.3 is 0 Å². The van der Waals surface area contributed by atoms with Crippen molar-refractivity contribution >= 4 is 28.7 Å². The Bertz CT molecular complexity index is 1240. The first-order chi connectivity index (χ1) is 16.0. The lowest BCUT2D eigenvalue weighted by molar-refractivity contribution is 0.102. The van der Waals surface area contributed by atoms with Crippen molar-refractivity contribution in [2.75, 3.05) is 37.8 Å². The van der Waals surface area contributed by atoms with E-state index in [0.29, 0.717) is 23.9 Å². The van der Waals surface area contributed by atoms with Gasteiger partial charge in [-0.3, -0.25) is 4.79 Å². The summed E-state index contributed by atoms with van der Waals surface area (Å²) in [7, 11) is 4.01. The normalized spacial score (nSPS) is 10.9. The summed E-state index contributed by atoms with van der Waals surface area (Å²) in [6, 6.07) is 18.8. The minimum atomic E-state index is -0.320. The van der Waals surface area contributed by atoms with Crippen molar-refractivity contribution in [2.45, 2.75) is 6.92 Å². The number of amides is 1. The number of hydrogen-bond acceptors (Lipinski definition) is 8. The second kappa shape index (κ2) is 10.3. The molecule has 0 aliphatic rings. The van der Waals surface area contributed by atoms with Crippen molar-refractivity contribution in [3.63, 3.8) is 0 Å². The quantitative estimate of drug-likeness (QED) is 0.408. The molecule has 0 atom stereocenters. The highest BCUT2D eigenvalue weighted by Crippen LogP contribution is 2.30. The molecule has 33 heavy (non-hydrogen) atoms. The molecule has 4 rings (SSSR count). The third kappa shape index (κ3) is 5.76. The van der Waals surface area contributed by atoms with Crippen LogP contribution in [0.2, 0.25) is 0 Å². The Balaban J connectivity index is 1.64. The molecular weight excluding hydrogens is 434 g/mol. The Labute approximate surface area is 196 Å². The topological polar surface area (TPSA) is 95.9 Å². The SMILES string of the molecule is Cc1nnc(-c2ccccc2NC(=O)c2cc(NCCN(C)C)nc(-c3ccccc3)n2)s1.